The Hall–Kier alpha value is -2.30. The summed E-state index contributed by atoms with van der Waals surface area (Å²) >= 11 is 0. The van der Waals surface area contributed by atoms with Crippen LogP contribution in [0.1, 0.15) is 5.56 Å². The SMILES string of the molecule is NC(=NO)C1=COc2ccccc2C=N1. The third kappa shape index (κ3) is 1.80. The molecule has 76 valence electrons. The zero-order chi connectivity index (χ0) is 10.7. The number of para-hydroxylation sites is 1. The number of amidine groups is 1. The van der Waals surface area contributed by atoms with Crippen LogP contribution in [0, 0.1) is 0 Å². The highest BCUT2D eigenvalue weighted by Crippen LogP contribution is 2.19. The minimum atomic E-state index is -0.0842. The average Bonchev–Trinajstić information content (AvgIpc) is 2.50. The van der Waals surface area contributed by atoms with E-state index in [1.54, 1.807) is 6.21 Å². The van der Waals surface area contributed by atoms with Crippen LogP contribution in [0.2, 0.25) is 0 Å². The van der Waals surface area contributed by atoms with E-state index in [2.05, 4.69) is 10.1 Å². The Bertz CT molecular complexity index is 463. The summed E-state index contributed by atoms with van der Waals surface area (Å²) in [5, 5.41) is 11.3. The van der Waals surface area contributed by atoms with Crippen molar-refractivity contribution >= 4 is 12.1 Å². The first-order valence-corrected chi connectivity index (χ1v) is 4.29. The zero-order valence-electron chi connectivity index (χ0n) is 7.79. The minimum Gasteiger partial charge on any atom is -0.462 e. The Kier molecular flexibility index (Phi) is 2.37. The Morgan fingerprint density at radius 1 is 1.40 bits per heavy atom. The highest BCUT2D eigenvalue weighted by atomic mass is 16.5. The summed E-state index contributed by atoms with van der Waals surface area (Å²) in [6, 6.07) is 7.41. The Balaban J connectivity index is 2.38. The maximum atomic E-state index is 8.49. The number of oxime groups is 1. The van der Waals surface area contributed by atoms with Crippen molar-refractivity contribution in [2.75, 3.05) is 0 Å². The third-order valence-electron chi connectivity index (χ3n) is 1.93. The van der Waals surface area contributed by atoms with Crippen molar-refractivity contribution in [3.63, 3.8) is 0 Å². The van der Waals surface area contributed by atoms with Crippen molar-refractivity contribution in [2.24, 2.45) is 15.9 Å². The van der Waals surface area contributed by atoms with Crippen LogP contribution >= 0.6 is 0 Å². The lowest BCUT2D eigenvalue weighted by Gasteiger charge is -2.00. The average molecular weight is 203 g/mol. The normalized spacial score (nSPS) is 14.9. The van der Waals surface area contributed by atoms with Crippen molar-refractivity contribution in [3.05, 3.63) is 41.8 Å². The second kappa shape index (κ2) is 3.83. The lowest BCUT2D eigenvalue weighted by molar-refractivity contribution is 0.318. The first kappa shape index (κ1) is 9.26. The van der Waals surface area contributed by atoms with Crippen LogP contribution in [0.5, 0.6) is 5.75 Å². The van der Waals surface area contributed by atoms with Gasteiger partial charge in [-0.05, 0) is 12.1 Å². The van der Waals surface area contributed by atoms with E-state index in [9.17, 15) is 0 Å². The molecule has 15 heavy (non-hydrogen) atoms. The number of hydrogen-bond acceptors (Lipinski definition) is 4. The van der Waals surface area contributed by atoms with Crippen molar-refractivity contribution in [3.8, 4) is 5.75 Å². The summed E-state index contributed by atoms with van der Waals surface area (Å²) in [7, 11) is 0. The van der Waals surface area contributed by atoms with Gasteiger partial charge in [0.2, 0.25) is 0 Å². The van der Waals surface area contributed by atoms with Crippen molar-refractivity contribution in [1.82, 2.24) is 0 Å². The summed E-state index contributed by atoms with van der Waals surface area (Å²) in [5.41, 5.74) is 6.52. The van der Waals surface area contributed by atoms with Crippen LogP contribution in [0.3, 0.4) is 0 Å². The van der Waals surface area contributed by atoms with Crippen molar-refractivity contribution < 1.29 is 9.94 Å². The molecule has 3 N–H and O–H groups in total. The number of ether oxygens (including phenoxy) is 1. The Morgan fingerprint density at radius 3 is 3.00 bits per heavy atom. The predicted octanol–water partition coefficient (Wildman–Crippen LogP) is 1.09. The molecule has 5 heteroatoms. The summed E-state index contributed by atoms with van der Waals surface area (Å²) < 4.78 is 5.33. The Labute approximate surface area is 86.2 Å². The molecule has 0 bridgehead atoms. The number of aliphatic imine (C=N–C) groups is 1. The second-order valence-corrected chi connectivity index (χ2v) is 2.90. The molecule has 0 atom stereocenters. The molecular formula is C10H9N3O2. The van der Waals surface area contributed by atoms with Crippen LogP contribution in [0.4, 0.5) is 0 Å². The number of hydrogen-bond donors (Lipinski definition) is 2. The second-order valence-electron chi connectivity index (χ2n) is 2.90. The lowest BCUT2D eigenvalue weighted by Crippen LogP contribution is -2.13. The fourth-order valence-corrected chi connectivity index (χ4v) is 1.16. The molecule has 1 heterocycles. The molecule has 0 aromatic heterocycles. The van der Waals surface area contributed by atoms with Crippen LogP contribution < -0.4 is 10.5 Å². The summed E-state index contributed by atoms with van der Waals surface area (Å²) in [6.45, 7) is 0. The van der Waals surface area contributed by atoms with Crippen molar-refractivity contribution in [1.29, 1.82) is 0 Å². The van der Waals surface area contributed by atoms with Crippen LogP contribution in [0.25, 0.3) is 0 Å². The molecule has 0 spiro atoms. The molecule has 0 saturated heterocycles. The first-order chi connectivity index (χ1) is 7.31. The van der Waals surface area contributed by atoms with Gasteiger partial charge in [-0.3, -0.25) is 0 Å². The summed E-state index contributed by atoms with van der Waals surface area (Å²) in [5.74, 6) is 0.598. The van der Waals surface area contributed by atoms with Gasteiger partial charge in [0.1, 0.15) is 17.7 Å². The highest BCUT2D eigenvalue weighted by Gasteiger charge is 2.08. The maximum Gasteiger partial charge on any atom is 0.191 e. The van der Waals surface area contributed by atoms with E-state index >= 15 is 0 Å². The largest absolute Gasteiger partial charge is 0.462 e. The van der Waals surface area contributed by atoms with E-state index in [1.165, 1.54) is 6.26 Å². The van der Waals surface area contributed by atoms with Gasteiger partial charge in [0.25, 0.3) is 0 Å². The molecule has 0 radical (unpaired) electrons. The minimum absolute atomic E-state index is 0.0842. The quantitative estimate of drug-likeness (QED) is 0.310. The lowest BCUT2D eigenvalue weighted by atomic mass is 10.2. The van der Waals surface area contributed by atoms with E-state index in [4.69, 9.17) is 15.7 Å². The maximum absolute atomic E-state index is 8.49. The van der Waals surface area contributed by atoms with E-state index in [-0.39, 0.29) is 11.5 Å². The highest BCUT2D eigenvalue weighted by molar-refractivity contribution is 5.99. The fraction of sp³-hybridized carbons (Fsp3) is 0. The van der Waals surface area contributed by atoms with Gasteiger partial charge in [0, 0.05) is 11.8 Å². The molecule has 0 aliphatic carbocycles. The number of nitrogens with two attached hydrogens (primary N) is 1. The van der Waals surface area contributed by atoms with Gasteiger partial charge in [-0.15, -0.1) is 0 Å². The van der Waals surface area contributed by atoms with Gasteiger partial charge in [0.15, 0.2) is 5.84 Å². The monoisotopic (exact) mass is 203 g/mol. The standard InChI is InChI=1S/C10H9N3O2/c11-10(13-14)8-6-15-9-4-2-1-3-7(9)5-12-8/h1-6,14H,(H2,11,13). The van der Waals surface area contributed by atoms with Gasteiger partial charge in [-0.25, -0.2) is 4.99 Å². The topological polar surface area (TPSA) is 80.2 Å². The van der Waals surface area contributed by atoms with E-state index in [0.717, 1.165) is 5.56 Å². The molecule has 0 unspecified atom stereocenters. The van der Waals surface area contributed by atoms with E-state index in [1.807, 2.05) is 24.3 Å². The van der Waals surface area contributed by atoms with Gasteiger partial charge < -0.3 is 15.7 Å². The molecule has 1 aromatic rings. The molecule has 1 aliphatic heterocycles. The third-order valence-corrected chi connectivity index (χ3v) is 1.93. The first-order valence-electron chi connectivity index (χ1n) is 4.29. The number of rotatable bonds is 1. The zero-order valence-corrected chi connectivity index (χ0v) is 7.79. The summed E-state index contributed by atoms with van der Waals surface area (Å²) in [6.07, 6.45) is 2.95. The van der Waals surface area contributed by atoms with Crippen LogP contribution in [-0.4, -0.2) is 17.3 Å². The van der Waals surface area contributed by atoms with Crippen LogP contribution in [-0.2, 0) is 0 Å². The van der Waals surface area contributed by atoms with Crippen LogP contribution in [0.15, 0.2) is 46.4 Å². The fourth-order valence-electron chi connectivity index (χ4n) is 1.16. The Morgan fingerprint density at radius 2 is 2.20 bits per heavy atom. The molecule has 0 saturated carbocycles. The molecule has 2 rings (SSSR count). The van der Waals surface area contributed by atoms with E-state index < -0.39 is 0 Å². The molecule has 5 nitrogen and oxygen atoms in total. The smallest absolute Gasteiger partial charge is 0.191 e. The van der Waals surface area contributed by atoms with Gasteiger partial charge in [-0.2, -0.15) is 0 Å². The molecule has 0 amide bonds. The number of benzene rings is 1. The van der Waals surface area contributed by atoms with Gasteiger partial charge in [0.05, 0.1) is 0 Å². The van der Waals surface area contributed by atoms with Crippen molar-refractivity contribution in [2.45, 2.75) is 0 Å². The van der Waals surface area contributed by atoms with E-state index in [0.29, 0.717) is 5.75 Å². The summed E-state index contributed by atoms with van der Waals surface area (Å²) in [4.78, 5) is 4.03. The predicted molar refractivity (Wildman–Crippen MR) is 56.2 cm³/mol. The number of fused-ring (bicyclic) bond motifs is 1. The van der Waals surface area contributed by atoms with Gasteiger partial charge >= 0.3 is 0 Å². The molecule has 1 aromatic carbocycles. The molecule has 1 aliphatic rings. The number of nitrogens with zero attached hydrogens (tertiary/aromatic N) is 2. The van der Waals surface area contributed by atoms with Gasteiger partial charge in [-0.1, -0.05) is 17.3 Å². The molecular weight excluding hydrogens is 194 g/mol. The molecule has 0 fully saturated rings.